The molecular formula is C9H14F3N5O. The molecule has 9 heteroatoms. The number of nitrogens with one attached hydrogen (secondary N) is 2. The minimum Gasteiger partial charge on any atom is -0.384 e. The second kappa shape index (κ2) is 5.61. The van der Waals surface area contributed by atoms with Crippen LogP contribution in [0.15, 0.2) is 6.07 Å². The van der Waals surface area contributed by atoms with Crippen LogP contribution in [0.2, 0.25) is 0 Å². The predicted octanol–water partition coefficient (Wildman–Crippen LogP) is 0.499. The molecule has 0 bridgehead atoms. The molecule has 0 aliphatic rings. The second-order valence-electron chi connectivity index (χ2n) is 3.59. The molecule has 0 spiro atoms. The Morgan fingerprint density at radius 2 is 2.22 bits per heavy atom. The molecule has 0 aliphatic carbocycles. The van der Waals surface area contributed by atoms with Crippen molar-refractivity contribution < 1.29 is 18.0 Å². The summed E-state index contributed by atoms with van der Waals surface area (Å²) < 4.78 is 37.1. The van der Waals surface area contributed by atoms with Gasteiger partial charge < -0.3 is 16.4 Å². The van der Waals surface area contributed by atoms with E-state index in [1.165, 1.54) is 13.1 Å². The lowest BCUT2D eigenvalue weighted by atomic mass is 10.3. The molecule has 0 aliphatic heterocycles. The number of alkyl halides is 3. The second-order valence-corrected chi connectivity index (χ2v) is 3.59. The molecule has 2 amide bonds. The number of aromatic nitrogens is 2. The molecule has 18 heavy (non-hydrogen) atoms. The lowest BCUT2D eigenvalue weighted by Gasteiger charge is -2.07. The van der Waals surface area contributed by atoms with Crippen molar-refractivity contribution in [3.8, 4) is 0 Å². The Morgan fingerprint density at radius 1 is 1.56 bits per heavy atom. The molecule has 0 atom stereocenters. The standard InChI is InChI=1S/C9H14F3N5O/c1-14-8(18)15-3-2-6-4-7(13)17(16-6)5-9(10,11)12/h4H,2-3,5,13H2,1H3,(H2,14,15,18). The van der Waals surface area contributed by atoms with Crippen LogP contribution in [0.25, 0.3) is 0 Å². The summed E-state index contributed by atoms with van der Waals surface area (Å²) in [5.41, 5.74) is 5.80. The van der Waals surface area contributed by atoms with E-state index in [0.717, 1.165) is 0 Å². The van der Waals surface area contributed by atoms with Crippen LogP contribution in [0, 0.1) is 0 Å². The Morgan fingerprint density at radius 3 is 2.78 bits per heavy atom. The molecule has 1 heterocycles. The van der Waals surface area contributed by atoms with Gasteiger partial charge in [0, 0.05) is 26.1 Å². The first kappa shape index (κ1) is 14.1. The van der Waals surface area contributed by atoms with Gasteiger partial charge in [0.25, 0.3) is 0 Å². The summed E-state index contributed by atoms with van der Waals surface area (Å²) in [4.78, 5) is 10.8. The number of nitrogens with zero attached hydrogens (tertiary/aromatic N) is 2. The van der Waals surface area contributed by atoms with E-state index >= 15 is 0 Å². The zero-order chi connectivity index (χ0) is 13.8. The molecule has 0 fully saturated rings. The fourth-order valence-electron chi connectivity index (χ4n) is 1.30. The predicted molar refractivity (Wildman–Crippen MR) is 58.9 cm³/mol. The fraction of sp³-hybridized carbons (Fsp3) is 0.556. The van der Waals surface area contributed by atoms with Gasteiger partial charge in [0.05, 0.1) is 5.69 Å². The zero-order valence-electron chi connectivity index (χ0n) is 9.71. The number of hydrogen-bond donors (Lipinski definition) is 3. The largest absolute Gasteiger partial charge is 0.408 e. The van der Waals surface area contributed by atoms with E-state index in [1.807, 2.05) is 0 Å². The number of urea groups is 1. The van der Waals surface area contributed by atoms with Gasteiger partial charge in [-0.2, -0.15) is 18.3 Å². The van der Waals surface area contributed by atoms with Crippen molar-refractivity contribution in [3.05, 3.63) is 11.8 Å². The lowest BCUT2D eigenvalue weighted by molar-refractivity contribution is -0.142. The molecule has 0 aromatic carbocycles. The van der Waals surface area contributed by atoms with Gasteiger partial charge in [-0.25, -0.2) is 9.48 Å². The molecule has 102 valence electrons. The van der Waals surface area contributed by atoms with Gasteiger partial charge >= 0.3 is 12.2 Å². The molecule has 0 radical (unpaired) electrons. The maximum Gasteiger partial charge on any atom is 0.408 e. The Hall–Kier alpha value is -1.93. The Kier molecular flexibility index (Phi) is 4.40. The number of rotatable bonds is 4. The summed E-state index contributed by atoms with van der Waals surface area (Å²) >= 11 is 0. The van der Waals surface area contributed by atoms with Crippen LogP contribution in [0.1, 0.15) is 5.69 Å². The molecule has 1 rings (SSSR count). The van der Waals surface area contributed by atoms with Crippen LogP contribution in [0.4, 0.5) is 23.8 Å². The van der Waals surface area contributed by atoms with Gasteiger partial charge in [0.2, 0.25) is 0 Å². The molecule has 0 saturated heterocycles. The smallest absolute Gasteiger partial charge is 0.384 e. The number of anilines is 1. The highest BCUT2D eigenvalue weighted by Gasteiger charge is 2.29. The normalized spacial score (nSPS) is 11.3. The Bertz CT molecular complexity index is 415. The highest BCUT2D eigenvalue weighted by molar-refractivity contribution is 5.73. The summed E-state index contributed by atoms with van der Waals surface area (Å²) in [5.74, 6) is -0.0535. The molecule has 0 saturated carbocycles. The maximum absolute atomic E-state index is 12.2. The van der Waals surface area contributed by atoms with Gasteiger partial charge in [-0.3, -0.25) is 0 Å². The van der Waals surface area contributed by atoms with E-state index < -0.39 is 12.7 Å². The summed E-state index contributed by atoms with van der Waals surface area (Å²) in [6, 6.07) is 0.995. The third-order valence-corrected chi connectivity index (χ3v) is 2.08. The van der Waals surface area contributed by atoms with Crippen LogP contribution in [-0.2, 0) is 13.0 Å². The summed E-state index contributed by atoms with van der Waals surface area (Å²) in [7, 11) is 1.46. The number of nitrogen functional groups attached to an aromatic ring is 1. The highest BCUT2D eigenvalue weighted by Crippen LogP contribution is 2.19. The first-order valence-corrected chi connectivity index (χ1v) is 5.16. The average molecular weight is 265 g/mol. The molecular weight excluding hydrogens is 251 g/mol. The van der Waals surface area contributed by atoms with Crippen LogP contribution in [-0.4, -0.2) is 35.6 Å². The van der Waals surface area contributed by atoms with Gasteiger partial charge in [-0.15, -0.1) is 0 Å². The molecule has 1 aromatic rings. The van der Waals surface area contributed by atoms with Crippen LogP contribution in [0.5, 0.6) is 0 Å². The summed E-state index contributed by atoms with van der Waals surface area (Å²) in [5, 5.41) is 8.56. The van der Waals surface area contributed by atoms with Crippen LogP contribution in [0.3, 0.4) is 0 Å². The van der Waals surface area contributed by atoms with Crippen molar-refractivity contribution in [1.82, 2.24) is 20.4 Å². The molecule has 4 N–H and O–H groups in total. The number of hydrogen-bond acceptors (Lipinski definition) is 3. The third-order valence-electron chi connectivity index (χ3n) is 2.08. The van der Waals surface area contributed by atoms with Crippen molar-refractivity contribution in [3.63, 3.8) is 0 Å². The third kappa shape index (κ3) is 4.52. The van der Waals surface area contributed by atoms with Crippen molar-refractivity contribution in [1.29, 1.82) is 0 Å². The molecule has 1 aromatic heterocycles. The van der Waals surface area contributed by atoms with Gasteiger partial charge in [0.1, 0.15) is 12.4 Å². The number of carbonyl (C=O) groups is 1. The highest BCUT2D eigenvalue weighted by atomic mass is 19.4. The van der Waals surface area contributed by atoms with Gasteiger partial charge in [0.15, 0.2) is 0 Å². The number of nitrogens with two attached hydrogens (primary N) is 1. The van der Waals surface area contributed by atoms with E-state index in [2.05, 4.69) is 15.7 Å². The minimum absolute atomic E-state index is 0.0535. The quantitative estimate of drug-likeness (QED) is 0.741. The van der Waals surface area contributed by atoms with E-state index in [9.17, 15) is 18.0 Å². The molecule has 0 unspecified atom stereocenters. The van der Waals surface area contributed by atoms with E-state index in [4.69, 9.17) is 5.73 Å². The maximum atomic E-state index is 12.2. The first-order valence-electron chi connectivity index (χ1n) is 5.16. The topological polar surface area (TPSA) is 85.0 Å². The first-order chi connectivity index (χ1) is 8.31. The SMILES string of the molecule is CNC(=O)NCCc1cc(N)n(CC(F)(F)F)n1. The van der Waals surface area contributed by atoms with E-state index in [1.54, 1.807) is 0 Å². The minimum atomic E-state index is -4.36. The Labute approximate surface area is 101 Å². The van der Waals surface area contributed by atoms with Crippen molar-refractivity contribution in [2.45, 2.75) is 19.1 Å². The average Bonchev–Trinajstić information content (AvgIpc) is 2.57. The van der Waals surface area contributed by atoms with Gasteiger partial charge in [-0.1, -0.05) is 0 Å². The van der Waals surface area contributed by atoms with Gasteiger partial charge in [-0.05, 0) is 0 Å². The van der Waals surface area contributed by atoms with Crippen LogP contribution < -0.4 is 16.4 Å². The van der Waals surface area contributed by atoms with E-state index in [-0.39, 0.29) is 18.4 Å². The molecule has 6 nitrogen and oxygen atoms in total. The Balaban J connectivity index is 2.53. The lowest BCUT2D eigenvalue weighted by Crippen LogP contribution is -2.34. The summed E-state index contributed by atoms with van der Waals surface area (Å²) in [6.07, 6.45) is -4.06. The van der Waals surface area contributed by atoms with Crippen molar-refractivity contribution in [2.24, 2.45) is 0 Å². The van der Waals surface area contributed by atoms with Crippen LogP contribution >= 0.6 is 0 Å². The fourth-order valence-corrected chi connectivity index (χ4v) is 1.30. The number of halogens is 3. The number of carbonyl (C=O) groups excluding carboxylic acids is 1. The van der Waals surface area contributed by atoms with E-state index in [0.29, 0.717) is 16.8 Å². The van der Waals surface area contributed by atoms with Crippen molar-refractivity contribution in [2.75, 3.05) is 19.3 Å². The zero-order valence-corrected chi connectivity index (χ0v) is 9.71. The summed E-state index contributed by atoms with van der Waals surface area (Å²) in [6.45, 7) is -0.955. The van der Waals surface area contributed by atoms with Crippen molar-refractivity contribution >= 4 is 11.8 Å². The number of amides is 2. The monoisotopic (exact) mass is 265 g/mol.